The fourth-order valence-corrected chi connectivity index (χ4v) is 2.74. The molecule has 0 unspecified atom stereocenters. The number of ether oxygens (including phenoxy) is 1. The van der Waals surface area contributed by atoms with E-state index in [0.29, 0.717) is 16.4 Å². The minimum Gasteiger partial charge on any atom is -0.444 e. The maximum Gasteiger partial charge on any atom is 0.413 e. The second-order valence-electron chi connectivity index (χ2n) is 7.29. The topological polar surface area (TPSA) is 71.8 Å². The average molecular weight is 380 g/mol. The van der Waals surface area contributed by atoms with E-state index in [0.717, 1.165) is 31.7 Å². The summed E-state index contributed by atoms with van der Waals surface area (Å²) in [6.07, 6.45) is 4.64. The van der Waals surface area contributed by atoms with Gasteiger partial charge in [0.1, 0.15) is 17.2 Å². The second-order valence-corrected chi connectivity index (χ2v) is 7.77. The van der Waals surface area contributed by atoms with Crippen molar-refractivity contribution in [1.29, 1.82) is 0 Å². The Morgan fingerprint density at radius 1 is 1.31 bits per heavy atom. The quantitative estimate of drug-likeness (QED) is 0.758. The number of hydrogen-bond acceptors (Lipinski definition) is 6. The minimum absolute atomic E-state index is 0.520. The number of nitrogens with one attached hydrogen (secondary N) is 1. The van der Waals surface area contributed by atoms with Gasteiger partial charge in [0.15, 0.2) is 5.65 Å². The summed E-state index contributed by atoms with van der Waals surface area (Å²) in [5, 5.41) is 6.98. The third-order valence-electron chi connectivity index (χ3n) is 3.50. The Bertz CT molecular complexity index is 748. The zero-order valence-corrected chi connectivity index (χ0v) is 17.1. The highest BCUT2D eigenvalue weighted by Crippen LogP contribution is 2.25. The summed E-state index contributed by atoms with van der Waals surface area (Å²) in [6.45, 7) is 11.6. The molecule has 2 aromatic heterocycles. The van der Waals surface area contributed by atoms with E-state index >= 15 is 0 Å². The number of hydrogen-bond donors (Lipinski definition) is 2. The number of rotatable bonds is 2. The molecule has 0 radical (unpaired) electrons. The van der Waals surface area contributed by atoms with Crippen LogP contribution in [-0.2, 0) is 4.74 Å². The van der Waals surface area contributed by atoms with Crippen LogP contribution in [0.1, 0.15) is 53.9 Å². The SMILES string of the molecule is CC(C)(C)OC(=O)Nc1cc(N2CCCC2)nc2c(S)cnn12.CCC. The van der Waals surface area contributed by atoms with Gasteiger partial charge in [-0.15, -0.1) is 12.6 Å². The predicted octanol–water partition coefficient (Wildman–Crippen LogP) is 4.38. The van der Waals surface area contributed by atoms with Crippen LogP contribution < -0.4 is 10.2 Å². The smallest absolute Gasteiger partial charge is 0.413 e. The maximum atomic E-state index is 12.1. The fourth-order valence-electron chi connectivity index (χ4n) is 2.54. The Labute approximate surface area is 160 Å². The van der Waals surface area contributed by atoms with Crippen molar-refractivity contribution in [3.05, 3.63) is 12.3 Å². The Morgan fingerprint density at radius 2 is 1.92 bits per heavy atom. The van der Waals surface area contributed by atoms with Crippen molar-refractivity contribution in [3.63, 3.8) is 0 Å². The summed E-state index contributed by atoms with van der Waals surface area (Å²) in [5.74, 6) is 1.34. The number of amides is 1. The molecule has 1 saturated heterocycles. The molecule has 1 fully saturated rings. The van der Waals surface area contributed by atoms with E-state index in [-0.39, 0.29) is 0 Å². The number of thiol groups is 1. The van der Waals surface area contributed by atoms with Crippen molar-refractivity contribution in [3.8, 4) is 0 Å². The van der Waals surface area contributed by atoms with E-state index in [1.807, 2.05) is 26.8 Å². The van der Waals surface area contributed by atoms with Crippen molar-refractivity contribution in [1.82, 2.24) is 14.6 Å². The molecule has 0 bridgehead atoms. The van der Waals surface area contributed by atoms with Crippen molar-refractivity contribution >= 4 is 36.0 Å². The van der Waals surface area contributed by atoms with Crippen LogP contribution in [-0.4, -0.2) is 39.4 Å². The van der Waals surface area contributed by atoms with Gasteiger partial charge in [0.25, 0.3) is 0 Å². The summed E-state index contributed by atoms with van der Waals surface area (Å²) in [4.78, 5) is 19.6. The van der Waals surface area contributed by atoms with Crippen molar-refractivity contribution in [2.24, 2.45) is 0 Å². The number of nitrogens with zero attached hydrogens (tertiary/aromatic N) is 4. The molecule has 3 rings (SSSR count). The van der Waals surface area contributed by atoms with E-state index in [1.165, 1.54) is 6.42 Å². The standard InChI is InChI=1S/C15H21N5O2S.C3H8/c1-15(2,3)22-14(21)18-12-8-11(19-6-4-5-7-19)17-13-10(23)9-16-20(12)13;1-3-2/h8-9,23H,4-7H2,1-3H3,(H,18,21);3H2,1-2H3. The van der Waals surface area contributed by atoms with Crippen LogP contribution in [0.25, 0.3) is 5.65 Å². The number of fused-ring (bicyclic) bond motifs is 1. The van der Waals surface area contributed by atoms with Crippen molar-refractivity contribution < 1.29 is 9.53 Å². The Morgan fingerprint density at radius 3 is 2.50 bits per heavy atom. The molecule has 144 valence electrons. The minimum atomic E-state index is -0.563. The molecule has 1 aliphatic rings. The third kappa shape index (κ3) is 5.27. The van der Waals surface area contributed by atoms with E-state index in [9.17, 15) is 4.79 Å². The van der Waals surface area contributed by atoms with Crippen molar-refractivity contribution in [2.75, 3.05) is 23.3 Å². The molecule has 1 N–H and O–H groups in total. The van der Waals surface area contributed by atoms with Crippen LogP contribution in [0, 0.1) is 0 Å². The number of carbonyl (C=O) groups is 1. The average Bonchev–Trinajstić information content (AvgIpc) is 3.16. The summed E-state index contributed by atoms with van der Waals surface area (Å²) in [5.41, 5.74) is 0.0520. The van der Waals surface area contributed by atoms with Gasteiger partial charge in [-0.1, -0.05) is 20.3 Å². The molecular weight excluding hydrogens is 350 g/mol. The van der Waals surface area contributed by atoms with Gasteiger partial charge in [-0.25, -0.2) is 9.78 Å². The molecular formula is C18H29N5O2S. The second kappa shape index (κ2) is 8.62. The normalized spacial score (nSPS) is 14.2. The Hall–Kier alpha value is -1.96. The summed E-state index contributed by atoms with van der Waals surface area (Å²) < 4.78 is 6.88. The van der Waals surface area contributed by atoms with Crippen LogP contribution in [0.3, 0.4) is 0 Å². The summed E-state index contributed by atoms with van der Waals surface area (Å²) >= 11 is 4.39. The molecule has 0 atom stereocenters. The van der Waals surface area contributed by atoms with E-state index in [1.54, 1.807) is 10.7 Å². The molecule has 8 heteroatoms. The third-order valence-corrected chi connectivity index (χ3v) is 3.81. The number of anilines is 2. The lowest BCUT2D eigenvalue weighted by Crippen LogP contribution is -2.28. The highest BCUT2D eigenvalue weighted by molar-refractivity contribution is 7.80. The van der Waals surface area contributed by atoms with Gasteiger partial charge in [-0.2, -0.15) is 9.61 Å². The van der Waals surface area contributed by atoms with Gasteiger partial charge in [0, 0.05) is 19.2 Å². The first-order chi connectivity index (χ1) is 12.2. The Kier molecular flexibility index (Phi) is 6.75. The molecule has 0 spiro atoms. The van der Waals surface area contributed by atoms with E-state index < -0.39 is 11.7 Å². The lowest BCUT2D eigenvalue weighted by molar-refractivity contribution is 0.0635. The number of carbonyl (C=O) groups excluding carboxylic acids is 1. The number of aromatic nitrogens is 3. The molecule has 0 aromatic carbocycles. The molecule has 1 aliphatic heterocycles. The Balaban J connectivity index is 0.000000758. The van der Waals surface area contributed by atoms with Crippen LogP contribution in [0.15, 0.2) is 17.2 Å². The predicted molar refractivity (Wildman–Crippen MR) is 108 cm³/mol. The zero-order chi connectivity index (χ0) is 19.3. The first kappa shape index (κ1) is 20.4. The van der Waals surface area contributed by atoms with Gasteiger partial charge in [-0.3, -0.25) is 5.32 Å². The first-order valence-corrected chi connectivity index (χ1v) is 9.52. The maximum absolute atomic E-state index is 12.1. The molecule has 26 heavy (non-hydrogen) atoms. The molecule has 0 aliphatic carbocycles. The van der Waals surface area contributed by atoms with E-state index in [4.69, 9.17) is 4.74 Å². The fraction of sp³-hybridized carbons (Fsp3) is 0.611. The lowest BCUT2D eigenvalue weighted by atomic mass is 10.2. The van der Waals surface area contributed by atoms with Crippen LogP contribution in [0.4, 0.5) is 16.4 Å². The summed E-state index contributed by atoms with van der Waals surface area (Å²) in [7, 11) is 0. The molecule has 0 saturated carbocycles. The summed E-state index contributed by atoms with van der Waals surface area (Å²) in [6, 6.07) is 1.82. The van der Waals surface area contributed by atoms with Crippen LogP contribution in [0.2, 0.25) is 0 Å². The highest BCUT2D eigenvalue weighted by Gasteiger charge is 2.21. The van der Waals surface area contributed by atoms with Gasteiger partial charge in [-0.05, 0) is 33.6 Å². The highest BCUT2D eigenvalue weighted by atomic mass is 32.1. The van der Waals surface area contributed by atoms with Crippen molar-refractivity contribution in [2.45, 2.75) is 64.4 Å². The molecule has 7 nitrogen and oxygen atoms in total. The van der Waals surface area contributed by atoms with Crippen LogP contribution in [0.5, 0.6) is 0 Å². The largest absolute Gasteiger partial charge is 0.444 e. The zero-order valence-electron chi connectivity index (χ0n) is 16.2. The first-order valence-electron chi connectivity index (χ1n) is 9.07. The van der Waals surface area contributed by atoms with Gasteiger partial charge in [0.2, 0.25) is 0 Å². The molecule has 1 amide bonds. The monoisotopic (exact) mass is 379 g/mol. The van der Waals surface area contributed by atoms with E-state index in [2.05, 4.69) is 46.8 Å². The van der Waals surface area contributed by atoms with Gasteiger partial charge >= 0.3 is 6.09 Å². The van der Waals surface area contributed by atoms with Crippen LogP contribution >= 0.6 is 12.6 Å². The molecule has 2 aromatic rings. The van der Waals surface area contributed by atoms with Gasteiger partial charge < -0.3 is 9.64 Å². The molecule has 3 heterocycles. The van der Waals surface area contributed by atoms with Gasteiger partial charge in [0.05, 0.1) is 11.1 Å². The lowest BCUT2D eigenvalue weighted by Gasteiger charge is -2.21.